The molecular formula is C24H26N4O3S. The van der Waals surface area contributed by atoms with E-state index in [1.54, 1.807) is 15.9 Å². The molecule has 1 aromatic carbocycles. The minimum atomic E-state index is -0.0570. The minimum absolute atomic E-state index is 0.0282. The molecule has 2 aromatic heterocycles. The van der Waals surface area contributed by atoms with Crippen molar-refractivity contribution in [3.8, 4) is 0 Å². The highest BCUT2D eigenvalue weighted by Crippen LogP contribution is 2.35. The van der Waals surface area contributed by atoms with Gasteiger partial charge >= 0.3 is 0 Å². The predicted octanol–water partition coefficient (Wildman–Crippen LogP) is 2.37. The Morgan fingerprint density at radius 3 is 2.81 bits per heavy atom. The van der Waals surface area contributed by atoms with Crippen LogP contribution >= 0.6 is 11.3 Å². The van der Waals surface area contributed by atoms with E-state index in [1.807, 2.05) is 23.1 Å². The summed E-state index contributed by atoms with van der Waals surface area (Å²) < 4.78 is 7.12. The summed E-state index contributed by atoms with van der Waals surface area (Å²) >= 11 is 1.66. The lowest BCUT2D eigenvalue weighted by Gasteiger charge is -2.27. The molecule has 0 N–H and O–H groups in total. The van der Waals surface area contributed by atoms with Crippen LogP contribution in [-0.2, 0) is 41.9 Å². The summed E-state index contributed by atoms with van der Waals surface area (Å²) in [6, 6.07) is 8.03. The van der Waals surface area contributed by atoms with Crippen LogP contribution in [0.3, 0.4) is 0 Å². The molecule has 8 heteroatoms. The summed E-state index contributed by atoms with van der Waals surface area (Å²) in [4.78, 5) is 38.3. The van der Waals surface area contributed by atoms with E-state index >= 15 is 0 Å². The maximum absolute atomic E-state index is 13.7. The third-order valence-corrected chi connectivity index (χ3v) is 8.04. The quantitative estimate of drug-likeness (QED) is 0.611. The average Bonchev–Trinajstić information content (AvgIpc) is 3.51. The van der Waals surface area contributed by atoms with E-state index in [2.05, 4.69) is 11.0 Å². The fraction of sp³-hybridized carbons (Fsp3) is 0.458. The highest BCUT2D eigenvalue weighted by atomic mass is 32.1. The summed E-state index contributed by atoms with van der Waals surface area (Å²) in [7, 11) is 0. The number of hydrogen-bond acceptors (Lipinski definition) is 6. The zero-order chi connectivity index (χ0) is 21.7. The molecular weight excluding hydrogens is 424 g/mol. The second-order valence-corrected chi connectivity index (χ2v) is 9.85. The molecule has 0 atom stereocenters. The van der Waals surface area contributed by atoms with Gasteiger partial charge in [0.05, 0.1) is 25.1 Å². The van der Waals surface area contributed by atoms with Gasteiger partial charge in [0, 0.05) is 30.2 Å². The van der Waals surface area contributed by atoms with Gasteiger partial charge in [0.15, 0.2) is 0 Å². The van der Waals surface area contributed by atoms with Gasteiger partial charge in [-0.2, -0.15) is 0 Å². The van der Waals surface area contributed by atoms with Crippen molar-refractivity contribution in [1.82, 2.24) is 14.5 Å². The normalized spacial score (nSPS) is 18.3. The van der Waals surface area contributed by atoms with Gasteiger partial charge in [-0.1, -0.05) is 18.2 Å². The Bertz CT molecular complexity index is 1260. The van der Waals surface area contributed by atoms with Crippen molar-refractivity contribution >= 4 is 33.1 Å². The van der Waals surface area contributed by atoms with Gasteiger partial charge in [-0.3, -0.25) is 19.1 Å². The average molecular weight is 451 g/mol. The van der Waals surface area contributed by atoms with Gasteiger partial charge in [-0.05, 0) is 42.9 Å². The minimum Gasteiger partial charge on any atom is -0.379 e. The number of para-hydroxylation sites is 1. The van der Waals surface area contributed by atoms with Gasteiger partial charge < -0.3 is 9.64 Å². The molecule has 7 nitrogen and oxygen atoms in total. The molecule has 166 valence electrons. The molecule has 1 aliphatic carbocycles. The van der Waals surface area contributed by atoms with Crippen molar-refractivity contribution in [1.29, 1.82) is 0 Å². The molecule has 3 aliphatic rings. The highest BCUT2D eigenvalue weighted by molar-refractivity contribution is 7.18. The number of morpholine rings is 1. The number of ether oxygens (including phenoxy) is 1. The van der Waals surface area contributed by atoms with E-state index in [4.69, 9.17) is 9.72 Å². The third kappa shape index (κ3) is 3.37. The first-order chi connectivity index (χ1) is 15.7. The first kappa shape index (κ1) is 20.1. The summed E-state index contributed by atoms with van der Waals surface area (Å²) in [6.07, 6.45) is 3.91. The number of benzene rings is 1. The van der Waals surface area contributed by atoms with Crippen molar-refractivity contribution in [2.75, 3.05) is 37.7 Å². The van der Waals surface area contributed by atoms with Crippen LogP contribution in [0.5, 0.6) is 0 Å². The smallest absolute Gasteiger partial charge is 0.263 e. The van der Waals surface area contributed by atoms with Crippen LogP contribution in [0.15, 0.2) is 29.1 Å². The Morgan fingerprint density at radius 1 is 1.09 bits per heavy atom. The second-order valence-electron chi connectivity index (χ2n) is 8.77. The van der Waals surface area contributed by atoms with E-state index in [1.165, 1.54) is 10.4 Å². The van der Waals surface area contributed by atoms with Crippen LogP contribution in [0.25, 0.3) is 10.2 Å². The number of carbonyl (C=O) groups excluding carboxylic acids is 1. The maximum Gasteiger partial charge on any atom is 0.263 e. The molecule has 32 heavy (non-hydrogen) atoms. The van der Waals surface area contributed by atoms with Crippen molar-refractivity contribution < 1.29 is 9.53 Å². The number of hydrogen-bond donors (Lipinski definition) is 0. The van der Waals surface area contributed by atoms with Crippen molar-refractivity contribution in [2.45, 2.75) is 38.8 Å². The van der Waals surface area contributed by atoms with Gasteiger partial charge in [0.1, 0.15) is 17.2 Å². The number of amides is 1. The molecule has 0 unspecified atom stereocenters. The monoisotopic (exact) mass is 450 g/mol. The fourth-order valence-corrected chi connectivity index (χ4v) is 6.45. The van der Waals surface area contributed by atoms with Crippen molar-refractivity contribution in [2.24, 2.45) is 0 Å². The van der Waals surface area contributed by atoms with E-state index < -0.39 is 0 Å². The number of nitrogens with zero attached hydrogens (tertiary/aromatic N) is 4. The molecule has 6 rings (SSSR count). The fourth-order valence-electron chi connectivity index (χ4n) is 5.18. The van der Waals surface area contributed by atoms with E-state index in [9.17, 15) is 9.59 Å². The SMILES string of the molecule is O=C(Cn1c(CN2CCOCC2)nc2sc3c(c2c1=O)CCC3)N1CCc2ccccc21. The maximum atomic E-state index is 13.7. The lowest BCUT2D eigenvalue weighted by Crippen LogP contribution is -2.40. The Morgan fingerprint density at radius 2 is 1.94 bits per heavy atom. The van der Waals surface area contributed by atoms with Crippen LogP contribution < -0.4 is 10.5 Å². The van der Waals surface area contributed by atoms with Crippen molar-refractivity contribution in [3.05, 3.63) is 56.4 Å². The number of anilines is 1. The molecule has 0 bridgehead atoms. The molecule has 2 aliphatic heterocycles. The molecule has 4 heterocycles. The van der Waals surface area contributed by atoms with Gasteiger partial charge in [-0.25, -0.2) is 4.98 Å². The lowest BCUT2D eigenvalue weighted by atomic mass is 10.2. The van der Waals surface area contributed by atoms with Gasteiger partial charge in [0.25, 0.3) is 5.56 Å². The lowest BCUT2D eigenvalue weighted by molar-refractivity contribution is -0.119. The number of aryl methyl sites for hydroxylation is 2. The largest absolute Gasteiger partial charge is 0.379 e. The topological polar surface area (TPSA) is 67.7 Å². The Labute approximate surface area is 190 Å². The molecule has 0 spiro atoms. The van der Waals surface area contributed by atoms with E-state index in [0.29, 0.717) is 32.1 Å². The molecule has 3 aromatic rings. The zero-order valence-electron chi connectivity index (χ0n) is 18.0. The van der Waals surface area contributed by atoms with E-state index in [-0.39, 0.29) is 18.0 Å². The summed E-state index contributed by atoms with van der Waals surface area (Å²) in [5, 5.41) is 0.739. The second kappa shape index (κ2) is 8.10. The number of thiophene rings is 1. The standard InChI is InChI=1S/C24H26N4O3S/c29-21(27-9-8-16-4-1-2-6-18(16)27)15-28-20(14-26-10-12-31-13-11-26)25-23-22(24(28)30)17-5-3-7-19(17)32-23/h1-2,4,6H,3,5,7-15H2. The summed E-state index contributed by atoms with van der Waals surface area (Å²) in [5.74, 6) is 0.637. The van der Waals surface area contributed by atoms with Gasteiger partial charge in [0.2, 0.25) is 5.91 Å². The highest BCUT2D eigenvalue weighted by Gasteiger charge is 2.28. The van der Waals surface area contributed by atoms with Crippen LogP contribution in [0, 0.1) is 0 Å². The Kier molecular flexibility index (Phi) is 5.08. The Balaban J connectivity index is 1.39. The van der Waals surface area contributed by atoms with Crippen LogP contribution in [0.2, 0.25) is 0 Å². The van der Waals surface area contributed by atoms with Crippen LogP contribution in [0.4, 0.5) is 5.69 Å². The molecule has 0 saturated carbocycles. The Hall–Kier alpha value is -2.55. The first-order valence-electron chi connectivity index (χ1n) is 11.4. The van der Waals surface area contributed by atoms with Crippen molar-refractivity contribution in [3.63, 3.8) is 0 Å². The van der Waals surface area contributed by atoms with Crippen LogP contribution in [0.1, 0.15) is 28.2 Å². The number of aromatic nitrogens is 2. The van der Waals surface area contributed by atoms with Gasteiger partial charge in [-0.15, -0.1) is 11.3 Å². The molecule has 1 amide bonds. The number of carbonyl (C=O) groups is 1. The molecule has 0 radical (unpaired) electrons. The van der Waals surface area contributed by atoms with E-state index in [0.717, 1.165) is 60.2 Å². The molecule has 1 saturated heterocycles. The van der Waals surface area contributed by atoms with Crippen LogP contribution in [-0.4, -0.2) is 53.2 Å². The predicted molar refractivity (Wildman–Crippen MR) is 125 cm³/mol. The number of rotatable bonds is 4. The summed E-state index contributed by atoms with van der Waals surface area (Å²) in [6.45, 7) is 4.23. The number of fused-ring (bicyclic) bond motifs is 4. The third-order valence-electron chi connectivity index (χ3n) is 6.85. The zero-order valence-corrected chi connectivity index (χ0v) is 18.8. The molecule has 1 fully saturated rings. The summed E-state index contributed by atoms with van der Waals surface area (Å²) in [5.41, 5.74) is 3.25. The first-order valence-corrected chi connectivity index (χ1v) is 12.2.